The van der Waals surface area contributed by atoms with Gasteiger partial charge in [0.25, 0.3) is 0 Å². The van der Waals surface area contributed by atoms with E-state index in [0.717, 1.165) is 19.3 Å². The minimum atomic E-state index is -0.528. The summed E-state index contributed by atoms with van der Waals surface area (Å²) in [6.07, 6.45) is 6.42. The molecule has 1 aromatic rings. The third-order valence-corrected chi connectivity index (χ3v) is 3.63. The van der Waals surface area contributed by atoms with Gasteiger partial charge in [-0.15, -0.1) is 0 Å². The van der Waals surface area contributed by atoms with Gasteiger partial charge in [0.2, 0.25) is 5.78 Å². The number of benzene rings is 1. The first-order valence-electron chi connectivity index (χ1n) is 7.90. The number of hydrogen-bond acceptors (Lipinski definition) is 4. The van der Waals surface area contributed by atoms with Crippen LogP contribution in [-0.2, 0) is 9.53 Å². The number of ketones is 2. The number of rotatable bonds is 6. The Morgan fingerprint density at radius 3 is 2.35 bits per heavy atom. The summed E-state index contributed by atoms with van der Waals surface area (Å²) in [6, 6.07) is 6.59. The molecule has 0 heterocycles. The molecule has 0 N–H and O–H groups in total. The molecule has 4 heteroatoms. The van der Waals surface area contributed by atoms with Gasteiger partial charge >= 0.3 is 5.97 Å². The van der Waals surface area contributed by atoms with Crippen LogP contribution >= 0.6 is 0 Å². The highest BCUT2D eigenvalue weighted by Crippen LogP contribution is 2.28. The van der Waals surface area contributed by atoms with E-state index in [1.807, 2.05) is 6.08 Å². The Labute approximate surface area is 135 Å². The normalized spacial score (nSPS) is 14.3. The number of allylic oxidation sites excluding steroid dienone is 4. The minimum absolute atomic E-state index is 0.138. The van der Waals surface area contributed by atoms with Crippen LogP contribution < -0.4 is 0 Å². The summed E-state index contributed by atoms with van der Waals surface area (Å²) in [4.78, 5) is 36.9. The van der Waals surface area contributed by atoms with E-state index in [2.05, 4.69) is 6.92 Å². The van der Waals surface area contributed by atoms with Gasteiger partial charge in [0.1, 0.15) is 0 Å². The van der Waals surface area contributed by atoms with E-state index in [0.29, 0.717) is 5.56 Å². The van der Waals surface area contributed by atoms with E-state index < -0.39 is 11.8 Å². The summed E-state index contributed by atoms with van der Waals surface area (Å²) in [7, 11) is 0. The molecule has 0 unspecified atom stereocenters. The standard InChI is InChI=1S/C19H20O4/c1-3-5-6-7-12-15-17(21)13-10-8-9-11-14(13)18(22)19(15)23-16(20)4-2/h7-12H,3-6H2,1-2H3. The zero-order valence-corrected chi connectivity index (χ0v) is 13.4. The maximum Gasteiger partial charge on any atom is 0.311 e. The Kier molecular flexibility index (Phi) is 5.63. The fraction of sp³-hybridized carbons (Fsp3) is 0.316. The van der Waals surface area contributed by atoms with Crippen LogP contribution in [0.5, 0.6) is 0 Å². The Bertz CT molecular complexity index is 695. The van der Waals surface area contributed by atoms with Gasteiger partial charge in [-0.1, -0.05) is 63.1 Å². The van der Waals surface area contributed by atoms with Crippen LogP contribution in [0.4, 0.5) is 0 Å². The predicted octanol–water partition coefficient (Wildman–Crippen LogP) is 4.02. The largest absolute Gasteiger partial charge is 0.422 e. The smallest absolute Gasteiger partial charge is 0.311 e. The lowest BCUT2D eigenvalue weighted by Gasteiger charge is -2.18. The molecule has 0 bridgehead atoms. The third kappa shape index (κ3) is 3.65. The number of carbonyl (C=O) groups excluding carboxylic acids is 3. The lowest BCUT2D eigenvalue weighted by Crippen LogP contribution is -2.24. The molecule has 0 saturated carbocycles. The van der Waals surface area contributed by atoms with Crippen molar-refractivity contribution < 1.29 is 19.1 Å². The van der Waals surface area contributed by atoms with Crippen LogP contribution in [0.3, 0.4) is 0 Å². The lowest BCUT2D eigenvalue weighted by atomic mass is 9.87. The van der Waals surface area contributed by atoms with Gasteiger partial charge in [0.15, 0.2) is 11.5 Å². The Hall–Kier alpha value is -2.49. The van der Waals surface area contributed by atoms with Gasteiger partial charge in [-0.2, -0.15) is 0 Å². The van der Waals surface area contributed by atoms with Crippen molar-refractivity contribution in [3.63, 3.8) is 0 Å². The molecule has 2 rings (SSSR count). The monoisotopic (exact) mass is 312 g/mol. The Morgan fingerprint density at radius 2 is 1.74 bits per heavy atom. The molecule has 1 aliphatic carbocycles. The van der Waals surface area contributed by atoms with Gasteiger partial charge in [-0.3, -0.25) is 14.4 Å². The number of Topliss-reactive ketones (excluding diaryl/α,β-unsaturated/α-hetero) is 2. The molecule has 0 spiro atoms. The maximum absolute atomic E-state index is 12.7. The van der Waals surface area contributed by atoms with Crippen LogP contribution in [0.15, 0.2) is 47.7 Å². The first-order chi connectivity index (χ1) is 11.1. The first-order valence-corrected chi connectivity index (χ1v) is 7.90. The third-order valence-electron chi connectivity index (χ3n) is 3.63. The molecule has 1 aromatic carbocycles. The number of unbranched alkanes of at least 4 members (excludes halogenated alkanes) is 2. The van der Waals surface area contributed by atoms with Crippen LogP contribution in [0.2, 0.25) is 0 Å². The average Bonchev–Trinajstić information content (AvgIpc) is 2.58. The van der Waals surface area contributed by atoms with Gasteiger partial charge in [0, 0.05) is 17.5 Å². The number of ether oxygens (including phenoxy) is 1. The molecule has 0 saturated heterocycles. The van der Waals surface area contributed by atoms with Crippen molar-refractivity contribution in [3.8, 4) is 0 Å². The molecule has 0 fully saturated rings. The lowest BCUT2D eigenvalue weighted by molar-refractivity contribution is -0.138. The number of esters is 1. The van der Waals surface area contributed by atoms with E-state index >= 15 is 0 Å². The molecule has 1 aliphatic rings. The van der Waals surface area contributed by atoms with Crippen LogP contribution in [-0.4, -0.2) is 17.5 Å². The molecule has 0 aliphatic heterocycles. The average molecular weight is 312 g/mol. The zero-order valence-electron chi connectivity index (χ0n) is 13.4. The summed E-state index contributed by atoms with van der Waals surface area (Å²) < 4.78 is 5.17. The first kappa shape index (κ1) is 16.9. The predicted molar refractivity (Wildman–Crippen MR) is 87.2 cm³/mol. The Morgan fingerprint density at radius 1 is 1.09 bits per heavy atom. The highest BCUT2D eigenvalue weighted by atomic mass is 16.5. The van der Waals surface area contributed by atoms with Crippen molar-refractivity contribution in [2.45, 2.75) is 39.5 Å². The number of fused-ring (bicyclic) bond motifs is 1. The summed E-state index contributed by atoms with van der Waals surface area (Å²) in [5.41, 5.74) is 0.789. The van der Waals surface area contributed by atoms with Crippen molar-refractivity contribution in [2.75, 3.05) is 0 Å². The van der Waals surface area contributed by atoms with Crippen molar-refractivity contribution in [3.05, 3.63) is 58.9 Å². The van der Waals surface area contributed by atoms with E-state index in [4.69, 9.17) is 4.74 Å². The van der Waals surface area contributed by atoms with Crippen molar-refractivity contribution in [1.29, 1.82) is 0 Å². The summed E-state index contributed by atoms with van der Waals surface area (Å²) in [5, 5.41) is 0. The molecule has 0 atom stereocenters. The molecule has 120 valence electrons. The van der Waals surface area contributed by atoms with E-state index in [9.17, 15) is 14.4 Å². The Balaban J connectivity index is 2.45. The molecule has 4 nitrogen and oxygen atoms in total. The molecular formula is C19H20O4. The van der Waals surface area contributed by atoms with Crippen molar-refractivity contribution >= 4 is 17.5 Å². The zero-order chi connectivity index (χ0) is 16.8. The second-order valence-corrected chi connectivity index (χ2v) is 5.32. The summed E-state index contributed by atoms with van der Waals surface area (Å²) >= 11 is 0. The van der Waals surface area contributed by atoms with Gasteiger partial charge in [-0.25, -0.2) is 0 Å². The van der Waals surface area contributed by atoms with Crippen molar-refractivity contribution in [2.24, 2.45) is 0 Å². The summed E-state index contributed by atoms with van der Waals surface area (Å²) in [6.45, 7) is 3.72. The fourth-order valence-electron chi connectivity index (χ4n) is 2.33. The molecule has 0 amide bonds. The number of carbonyl (C=O) groups is 3. The highest BCUT2D eigenvalue weighted by Gasteiger charge is 2.33. The minimum Gasteiger partial charge on any atom is -0.422 e. The van der Waals surface area contributed by atoms with Crippen LogP contribution in [0, 0.1) is 0 Å². The molecule has 0 aromatic heterocycles. The van der Waals surface area contributed by atoms with E-state index in [-0.39, 0.29) is 29.1 Å². The fourth-order valence-corrected chi connectivity index (χ4v) is 2.33. The molecule has 23 heavy (non-hydrogen) atoms. The van der Waals surface area contributed by atoms with Crippen molar-refractivity contribution in [1.82, 2.24) is 0 Å². The highest BCUT2D eigenvalue weighted by molar-refractivity contribution is 6.27. The second-order valence-electron chi connectivity index (χ2n) is 5.32. The van der Waals surface area contributed by atoms with Gasteiger partial charge < -0.3 is 4.74 Å². The topological polar surface area (TPSA) is 60.4 Å². The SMILES string of the molecule is CCCCC=CC1=C(OC(=O)CC)C(=O)c2ccccc2C1=O. The van der Waals surface area contributed by atoms with Gasteiger partial charge in [0.05, 0.1) is 5.57 Å². The van der Waals surface area contributed by atoms with Crippen LogP contribution in [0.1, 0.15) is 60.2 Å². The maximum atomic E-state index is 12.7. The van der Waals surface area contributed by atoms with Gasteiger partial charge in [-0.05, 0) is 6.42 Å². The molecule has 0 radical (unpaired) electrons. The van der Waals surface area contributed by atoms with Crippen LogP contribution in [0.25, 0.3) is 0 Å². The number of hydrogen-bond donors (Lipinski definition) is 0. The molecular weight excluding hydrogens is 292 g/mol. The quantitative estimate of drug-likeness (QED) is 0.588. The van der Waals surface area contributed by atoms with E-state index in [1.165, 1.54) is 0 Å². The summed E-state index contributed by atoms with van der Waals surface area (Å²) in [5.74, 6) is -1.39. The van der Waals surface area contributed by atoms with E-state index in [1.54, 1.807) is 37.3 Å². The second kappa shape index (κ2) is 7.68.